The van der Waals surface area contributed by atoms with Crippen molar-refractivity contribution in [1.82, 2.24) is 15.3 Å². The van der Waals surface area contributed by atoms with Crippen LogP contribution in [0.4, 0.5) is 0 Å². The molecule has 0 aliphatic heterocycles. The van der Waals surface area contributed by atoms with Gasteiger partial charge in [-0.2, -0.15) is 0 Å². The van der Waals surface area contributed by atoms with Crippen LogP contribution in [0.1, 0.15) is 21.7 Å². The molecule has 0 aliphatic carbocycles. The fourth-order valence-electron chi connectivity index (χ4n) is 1.78. The Bertz CT molecular complexity index is 648. The largest absolute Gasteiger partial charge is 0.478 e. The number of imidazole rings is 1. The molecule has 0 spiro atoms. The highest BCUT2D eigenvalue weighted by atomic mass is 16.4. The van der Waals surface area contributed by atoms with E-state index in [1.165, 1.54) is 6.08 Å². The van der Waals surface area contributed by atoms with Crippen LogP contribution in [0.15, 0.2) is 42.7 Å². The van der Waals surface area contributed by atoms with Crippen molar-refractivity contribution in [2.75, 3.05) is 6.54 Å². The quantitative estimate of drug-likeness (QED) is 0.701. The Balaban J connectivity index is 1.92. The van der Waals surface area contributed by atoms with Crippen LogP contribution in [0, 0.1) is 0 Å². The SMILES string of the molecule is O=C(O)/C=C/c1cccc(C(=O)NCCc2ncc[nH]2)c1. The van der Waals surface area contributed by atoms with Gasteiger partial charge in [-0.3, -0.25) is 4.79 Å². The van der Waals surface area contributed by atoms with Gasteiger partial charge >= 0.3 is 5.97 Å². The van der Waals surface area contributed by atoms with Crippen LogP contribution in [-0.4, -0.2) is 33.5 Å². The van der Waals surface area contributed by atoms with Crippen molar-refractivity contribution in [2.45, 2.75) is 6.42 Å². The minimum Gasteiger partial charge on any atom is -0.478 e. The van der Waals surface area contributed by atoms with Crippen LogP contribution in [0.3, 0.4) is 0 Å². The number of carboxylic acid groups (broad SMARTS) is 1. The van der Waals surface area contributed by atoms with E-state index in [4.69, 9.17) is 5.11 Å². The van der Waals surface area contributed by atoms with E-state index >= 15 is 0 Å². The van der Waals surface area contributed by atoms with Crippen molar-refractivity contribution >= 4 is 18.0 Å². The molecule has 3 N–H and O–H groups in total. The molecule has 0 saturated carbocycles. The third-order valence-corrected chi connectivity index (χ3v) is 2.77. The van der Waals surface area contributed by atoms with E-state index in [2.05, 4.69) is 15.3 Å². The highest BCUT2D eigenvalue weighted by Gasteiger charge is 2.05. The van der Waals surface area contributed by atoms with Gasteiger partial charge in [-0.15, -0.1) is 0 Å². The lowest BCUT2D eigenvalue weighted by atomic mass is 10.1. The molecular formula is C15H15N3O3. The van der Waals surface area contributed by atoms with Gasteiger partial charge in [0.2, 0.25) is 0 Å². The average Bonchev–Trinajstić information content (AvgIpc) is 2.98. The molecular weight excluding hydrogens is 270 g/mol. The number of hydrogen-bond acceptors (Lipinski definition) is 3. The fraction of sp³-hybridized carbons (Fsp3) is 0.133. The number of aliphatic carboxylic acids is 1. The third kappa shape index (κ3) is 4.61. The average molecular weight is 285 g/mol. The summed E-state index contributed by atoms with van der Waals surface area (Å²) in [5.41, 5.74) is 1.15. The van der Waals surface area contributed by atoms with Crippen LogP contribution in [-0.2, 0) is 11.2 Å². The van der Waals surface area contributed by atoms with Crippen LogP contribution < -0.4 is 5.32 Å². The molecule has 0 atom stereocenters. The number of H-pyrrole nitrogens is 1. The Labute approximate surface area is 121 Å². The molecule has 1 aromatic heterocycles. The van der Waals surface area contributed by atoms with E-state index in [9.17, 15) is 9.59 Å². The molecule has 21 heavy (non-hydrogen) atoms. The Morgan fingerprint density at radius 2 is 2.24 bits per heavy atom. The van der Waals surface area contributed by atoms with Crippen molar-refractivity contribution in [3.63, 3.8) is 0 Å². The molecule has 1 aromatic carbocycles. The molecule has 1 amide bonds. The predicted octanol–water partition coefficient (Wildman–Crippen LogP) is 1.48. The number of aromatic nitrogens is 2. The first-order valence-corrected chi connectivity index (χ1v) is 6.42. The third-order valence-electron chi connectivity index (χ3n) is 2.77. The Kier molecular flexibility index (Phi) is 4.87. The molecule has 0 bridgehead atoms. The van der Waals surface area contributed by atoms with E-state index in [0.29, 0.717) is 24.1 Å². The van der Waals surface area contributed by atoms with E-state index < -0.39 is 5.97 Å². The number of aromatic amines is 1. The van der Waals surface area contributed by atoms with Crippen LogP contribution >= 0.6 is 0 Å². The highest BCUT2D eigenvalue weighted by molar-refractivity contribution is 5.95. The second-order valence-electron chi connectivity index (χ2n) is 4.34. The first-order valence-electron chi connectivity index (χ1n) is 6.42. The number of amides is 1. The van der Waals surface area contributed by atoms with Gasteiger partial charge in [0, 0.05) is 37.0 Å². The summed E-state index contributed by atoms with van der Waals surface area (Å²) in [4.78, 5) is 29.5. The number of carbonyl (C=O) groups excluding carboxylic acids is 1. The second-order valence-corrected chi connectivity index (χ2v) is 4.34. The monoisotopic (exact) mass is 285 g/mol. The number of carbonyl (C=O) groups is 2. The van der Waals surface area contributed by atoms with Gasteiger partial charge < -0.3 is 15.4 Å². The summed E-state index contributed by atoms with van der Waals surface area (Å²) in [5.74, 6) is -0.413. The van der Waals surface area contributed by atoms with E-state index in [-0.39, 0.29) is 5.91 Å². The summed E-state index contributed by atoms with van der Waals surface area (Å²) in [6.45, 7) is 0.474. The summed E-state index contributed by atoms with van der Waals surface area (Å²) in [7, 11) is 0. The van der Waals surface area contributed by atoms with Crippen LogP contribution in [0.2, 0.25) is 0 Å². The Morgan fingerprint density at radius 3 is 2.95 bits per heavy atom. The van der Waals surface area contributed by atoms with E-state index in [1.807, 2.05) is 0 Å². The number of nitrogens with one attached hydrogen (secondary N) is 2. The smallest absolute Gasteiger partial charge is 0.328 e. The van der Waals surface area contributed by atoms with Crippen molar-refractivity contribution in [3.05, 3.63) is 59.7 Å². The second kappa shape index (κ2) is 7.04. The molecule has 1 heterocycles. The highest BCUT2D eigenvalue weighted by Crippen LogP contribution is 2.07. The minimum atomic E-state index is -1.02. The van der Waals surface area contributed by atoms with Crippen molar-refractivity contribution in [2.24, 2.45) is 0 Å². The maximum absolute atomic E-state index is 12.0. The van der Waals surface area contributed by atoms with Gasteiger partial charge in [0.15, 0.2) is 0 Å². The summed E-state index contributed by atoms with van der Waals surface area (Å²) >= 11 is 0. The molecule has 2 aromatic rings. The normalized spacial score (nSPS) is 10.7. The first kappa shape index (κ1) is 14.5. The van der Waals surface area contributed by atoms with Crippen LogP contribution in [0.5, 0.6) is 0 Å². The van der Waals surface area contributed by atoms with Gasteiger partial charge in [-0.25, -0.2) is 9.78 Å². The number of nitrogens with zero attached hydrogens (tertiary/aromatic N) is 1. The molecule has 6 nitrogen and oxygen atoms in total. The molecule has 0 unspecified atom stereocenters. The molecule has 0 fully saturated rings. The molecule has 0 saturated heterocycles. The number of hydrogen-bond donors (Lipinski definition) is 3. The first-order chi connectivity index (χ1) is 10.1. The predicted molar refractivity (Wildman–Crippen MR) is 77.7 cm³/mol. The van der Waals surface area contributed by atoms with Crippen molar-refractivity contribution in [1.29, 1.82) is 0 Å². The summed E-state index contributed by atoms with van der Waals surface area (Å²) < 4.78 is 0. The lowest BCUT2D eigenvalue weighted by Gasteiger charge is -2.05. The zero-order valence-corrected chi connectivity index (χ0v) is 11.2. The minimum absolute atomic E-state index is 0.202. The van der Waals surface area contributed by atoms with Crippen molar-refractivity contribution in [3.8, 4) is 0 Å². The van der Waals surface area contributed by atoms with Gasteiger partial charge in [0.25, 0.3) is 5.91 Å². The van der Waals surface area contributed by atoms with Crippen molar-refractivity contribution < 1.29 is 14.7 Å². The van der Waals surface area contributed by atoms with Gasteiger partial charge in [0.05, 0.1) is 0 Å². The molecule has 6 heteroatoms. The lowest BCUT2D eigenvalue weighted by Crippen LogP contribution is -2.25. The van der Waals surface area contributed by atoms with Gasteiger partial charge in [-0.05, 0) is 23.8 Å². The molecule has 108 valence electrons. The standard InChI is InChI=1S/C15H15N3O3/c19-14(20)5-4-11-2-1-3-12(10-11)15(21)18-7-6-13-16-8-9-17-13/h1-5,8-10H,6-7H2,(H,16,17)(H,18,21)(H,19,20)/b5-4+. The number of carboxylic acids is 1. The van der Waals surface area contributed by atoms with E-state index in [0.717, 1.165) is 11.9 Å². The maximum Gasteiger partial charge on any atom is 0.328 e. The number of benzene rings is 1. The fourth-order valence-corrected chi connectivity index (χ4v) is 1.78. The summed E-state index contributed by atoms with van der Waals surface area (Å²) in [6, 6.07) is 6.77. The zero-order chi connectivity index (χ0) is 15.1. The molecule has 0 aliphatic rings. The summed E-state index contributed by atoms with van der Waals surface area (Å²) in [5, 5.41) is 11.4. The van der Waals surface area contributed by atoms with E-state index in [1.54, 1.807) is 36.7 Å². The Morgan fingerprint density at radius 1 is 1.38 bits per heavy atom. The van der Waals surface area contributed by atoms with Gasteiger partial charge in [0.1, 0.15) is 5.82 Å². The lowest BCUT2D eigenvalue weighted by molar-refractivity contribution is -0.131. The Hall–Kier alpha value is -2.89. The number of rotatable bonds is 6. The molecule has 2 rings (SSSR count). The summed E-state index contributed by atoms with van der Waals surface area (Å²) in [6.07, 6.45) is 6.50. The maximum atomic E-state index is 12.0. The van der Waals surface area contributed by atoms with Crippen LogP contribution in [0.25, 0.3) is 6.08 Å². The topological polar surface area (TPSA) is 95.1 Å². The van der Waals surface area contributed by atoms with Gasteiger partial charge in [-0.1, -0.05) is 12.1 Å². The zero-order valence-electron chi connectivity index (χ0n) is 11.2. The molecule has 0 radical (unpaired) electrons.